The lowest BCUT2D eigenvalue weighted by Crippen LogP contribution is -2.23. The number of thioether (sulfide) groups is 1. The van der Waals surface area contributed by atoms with Crippen molar-refractivity contribution in [2.75, 3.05) is 5.32 Å². The van der Waals surface area contributed by atoms with Crippen molar-refractivity contribution in [2.24, 2.45) is 0 Å². The quantitative estimate of drug-likeness (QED) is 0.704. The highest BCUT2D eigenvalue weighted by molar-refractivity contribution is 8.00. The number of para-hydroxylation sites is 1. The van der Waals surface area contributed by atoms with E-state index in [4.69, 9.17) is 23.2 Å². The van der Waals surface area contributed by atoms with Gasteiger partial charge in [0, 0.05) is 12.0 Å². The molecule has 0 spiro atoms. The minimum absolute atomic E-state index is 0.154. The van der Waals surface area contributed by atoms with Crippen molar-refractivity contribution in [1.29, 1.82) is 0 Å². The fourth-order valence-electron chi connectivity index (χ4n) is 2.72. The number of nitrogens with zero attached hydrogens (tertiary/aromatic N) is 3. The molecule has 2 aromatic rings. The fourth-order valence-corrected chi connectivity index (χ4v) is 4.14. The Labute approximate surface area is 160 Å². The molecule has 1 N–H and O–H groups in total. The third kappa shape index (κ3) is 3.66. The van der Waals surface area contributed by atoms with Crippen molar-refractivity contribution in [1.82, 2.24) is 14.8 Å². The maximum Gasteiger partial charge on any atom is 0.237 e. The summed E-state index contributed by atoms with van der Waals surface area (Å²) in [6.07, 6.45) is 4.72. The van der Waals surface area contributed by atoms with E-state index in [9.17, 15) is 4.79 Å². The smallest absolute Gasteiger partial charge is 0.237 e. The molecule has 8 heteroatoms. The highest BCUT2D eigenvalue weighted by Crippen LogP contribution is 2.46. The topological polar surface area (TPSA) is 59.8 Å². The van der Waals surface area contributed by atoms with Crippen LogP contribution in [0.4, 0.5) is 5.69 Å². The first-order chi connectivity index (χ1) is 12.0. The molecule has 1 heterocycles. The predicted molar refractivity (Wildman–Crippen MR) is 101 cm³/mol. The van der Waals surface area contributed by atoms with Crippen LogP contribution in [0.15, 0.2) is 23.4 Å². The van der Waals surface area contributed by atoms with Crippen LogP contribution < -0.4 is 5.32 Å². The van der Waals surface area contributed by atoms with E-state index in [0.29, 0.717) is 27.7 Å². The van der Waals surface area contributed by atoms with Gasteiger partial charge in [0.25, 0.3) is 0 Å². The summed E-state index contributed by atoms with van der Waals surface area (Å²) in [5.41, 5.74) is 0.450. The molecule has 1 aromatic carbocycles. The van der Waals surface area contributed by atoms with Gasteiger partial charge in [-0.05, 0) is 44.7 Å². The highest BCUT2D eigenvalue weighted by atomic mass is 35.5. The standard InChI is InChI=1S/C17H18Cl2N4OS/c1-9(16(24)20-14-12(18)3-2-4-13(14)19)25-17-22-21-15(10-5-6-10)23(17)11-7-8-11/h2-4,9-11H,5-8H2,1H3,(H,20,24). The molecule has 2 fully saturated rings. The van der Waals surface area contributed by atoms with Gasteiger partial charge in [-0.2, -0.15) is 0 Å². The molecule has 2 aliphatic carbocycles. The van der Waals surface area contributed by atoms with E-state index in [0.717, 1.165) is 11.0 Å². The second-order valence-corrected chi connectivity index (χ2v) is 8.68. The van der Waals surface area contributed by atoms with Crippen LogP contribution in [0.1, 0.15) is 50.4 Å². The first-order valence-corrected chi connectivity index (χ1v) is 10.0. The molecule has 2 saturated carbocycles. The molecule has 1 atom stereocenters. The first kappa shape index (κ1) is 17.2. The van der Waals surface area contributed by atoms with E-state index in [1.165, 1.54) is 37.4 Å². The number of anilines is 1. The average Bonchev–Trinajstić information content (AvgIpc) is 3.50. The van der Waals surface area contributed by atoms with Crippen LogP contribution in [0.5, 0.6) is 0 Å². The highest BCUT2D eigenvalue weighted by Gasteiger charge is 2.37. The molecule has 4 rings (SSSR count). The van der Waals surface area contributed by atoms with Gasteiger partial charge in [0.1, 0.15) is 5.82 Å². The first-order valence-electron chi connectivity index (χ1n) is 8.41. The molecule has 5 nitrogen and oxygen atoms in total. The summed E-state index contributed by atoms with van der Waals surface area (Å²) < 4.78 is 2.24. The van der Waals surface area contributed by atoms with Crippen LogP contribution in [0.2, 0.25) is 10.0 Å². The third-order valence-electron chi connectivity index (χ3n) is 4.41. The summed E-state index contributed by atoms with van der Waals surface area (Å²) in [5.74, 6) is 1.48. The van der Waals surface area contributed by atoms with Crippen molar-refractivity contribution in [3.8, 4) is 0 Å². The number of carbonyl (C=O) groups excluding carboxylic acids is 1. The van der Waals surface area contributed by atoms with E-state index in [1.807, 2.05) is 6.92 Å². The van der Waals surface area contributed by atoms with E-state index in [2.05, 4.69) is 20.1 Å². The summed E-state index contributed by atoms with van der Waals surface area (Å²) in [7, 11) is 0. The van der Waals surface area contributed by atoms with Crippen LogP contribution in [-0.2, 0) is 4.79 Å². The second kappa shape index (κ2) is 6.82. The molecule has 1 aromatic heterocycles. The number of nitrogens with one attached hydrogen (secondary N) is 1. The number of aromatic nitrogens is 3. The van der Waals surface area contributed by atoms with Crippen molar-refractivity contribution < 1.29 is 4.79 Å². The van der Waals surface area contributed by atoms with Gasteiger partial charge in [-0.3, -0.25) is 4.79 Å². The Bertz CT molecular complexity index is 797. The van der Waals surface area contributed by atoms with Crippen LogP contribution in [0.3, 0.4) is 0 Å². The van der Waals surface area contributed by atoms with Crippen LogP contribution in [0.25, 0.3) is 0 Å². The zero-order valence-electron chi connectivity index (χ0n) is 13.7. The minimum Gasteiger partial charge on any atom is -0.323 e. The molecule has 0 aliphatic heterocycles. The molecule has 25 heavy (non-hydrogen) atoms. The Morgan fingerprint density at radius 2 is 1.92 bits per heavy atom. The summed E-state index contributed by atoms with van der Waals surface area (Å²) in [4.78, 5) is 12.6. The van der Waals surface area contributed by atoms with Gasteiger partial charge in [-0.15, -0.1) is 10.2 Å². The molecular weight excluding hydrogens is 379 g/mol. The zero-order valence-corrected chi connectivity index (χ0v) is 16.0. The van der Waals surface area contributed by atoms with Crippen LogP contribution >= 0.6 is 35.0 Å². The number of rotatable bonds is 6. The van der Waals surface area contributed by atoms with E-state index < -0.39 is 0 Å². The maximum atomic E-state index is 12.6. The molecule has 0 bridgehead atoms. The Morgan fingerprint density at radius 1 is 1.24 bits per heavy atom. The molecule has 1 amide bonds. The van der Waals surface area contributed by atoms with E-state index in [-0.39, 0.29) is 11.2 Å². The Balaban J connectivity index is 1.48. The SMILES string of the molecule is CC(Sc1nnc(C2CC2)n1C1CC1)C(=O)Nc1c(Cl)cccc1Cl. The number of hydrogen-bond acceptors (Lipinski definition) is 4. The molecule has 1 unspecified atom stereocenters. The van der Waals surface area contributed by atoms with E-state index in [1.54, 1.807) is 18.2 Å². The number of benzene rings is 1. The lowest BCUT2D eigenvalue weighted by molar-refractivity contribution is -0.115. The summed E-state index contributed by atoms with van der Waals surface area (Å²) in [5, 5.41) is 12.9. The fraction of sp³-hybridized carbons (Fsp3) is 0.471. The van der Waals surface area contributed by atoms with Crippen molar-refractivity contribution in [3.63, 3.8) is 0 Å². The summed E-state index contributed by atoms with van der Waals surface area (Å²) >= 11 is 13.7. The molecule has 132 valence electrons. The minimum atomic E-state index is -0.332. The predicted octanol–water partition coefficient (Wildman–Crippen LogP) is 4.92. The van der Waals surface area contributed by atoms with Gasteiger partial charge in [0.05, 0.1) is 21.0 Å². The van der Waals surface area contributed by atoms with Gasteiger partial charge in [0.2, 0.25) is 5.91 Å². The molecule has 0 saturated heterocycles. The largest absolute Gasteiger partial charge is 0.323 e. The number of amides is 1. The Kier molecular flexibility index (Phi) is 4.69. The maximum absolute atomic E-state index is 12.6. The van der Waals surface area contributed by atoms with Gasteiger partial charge in [-0.1, -0.05) is 41.0 Å². The number of halogens is 2. The van der Waals surface area contributed by atoms with Crippen LogP contribution in [-0.4, -0.2) is 25.9 Å². The van der Waals surface area contributed by atoms with Crippen molar-refractivity contribution in [2.45, 2.75) is 55.0 Å². The normalized spacial score (nSPS) is 18.2. The summed E-state index contributed by atoms with van der Waals surface area (Å²) in [6, 6.07) is 5.65. The van der Waals surface area contributed by atoms with Crippen molar-refractivity contribution in [3.05, 3.63) is 34.1 Å². The van der Waals surface area contributed by atoms with Gasteiger partial charge >= 0.3 is 0 Å². The van der Waals surface area contributed by atoms with Crippen molar-refractivity contribution >= 4 is 46.6 Å². The Morgan fingerprint density at radius 3 is 2.52 bits per heavy atom. The van der Waals surface area contributed by atoms with Gasteiger partial charge in [-0.25, -0.2) is 0 Å². The zero-order chi connectivity index (χ0) is 17.6. The Hall–Kier alpha value is -1.24. The lowest BCUT2D eigenvalue weighted by atomic mass is 10.3. The van der Waals surface area contributed by atoms with E-state index >= 15 is 0 Å². The monoisotopic (exact) mass is 396 g/mol. The average molecular weight is 397 g/mol. The molecular formula is C17H18Cl2N4OS. The molecule has 2 aliphatic rings. The second-order valence-electron chi connectivity index (χ2n) is 6.56. The van der Waals surface area contributed by atoms with Gasteiger partial charge in [0.15, 0.2) is 5.16 Å². The lowest BCUT2D eigenvalue weighted by Gasteiger charge is -2.14. The van der Waals surface area contributed by atoms with Crippen LogP contribution in [0, 0.1) is 0 Å². The van der Waals surface area contributed by atoms with Gasteiger partial charge < -0.3 is 9.88 Å². The summed E-state index contributed by atoms with van der Waals surface area (Å²) in [6.45, 7) is 1.85. The third-order valence-corrected chi connectivity index (χ3v) is 6.09. The number of hydrogen-bond donors (Lipinski definition) is 1. The molecule has 0 radical (unpaired) electrons. The number of carbonyl (C=O) groups is 1.